The zero-order valence-corrected chi connectivity index (χ0v) is 12.4. The molecule has 0 aliphatic heterocycles. The highest BCUT2D eigenvalue weighted by Crippen LogP contribution is 2.12. The molecule has 0 aliphatic carbocycles. The normalized spacial score (nSPS) is 10.4. The predicted molar refractivity (Wildman–Crippen MR) is 81.3 cm³/mol. The Morgan fingerprint density at radius 1 is 1.32 bits per heavy atom. The molecule has 1 aromatic rings. The van der Waals surface area contributed by atoms with Crippen molar-refractivity contribution in [1.82, 2.24) is 5.32 Å². The van der Waals surface area contributed by atoms with Gasteiger partial charge in [-0.25, -0.2) is 0 Å². The molecular weight excluding hydrogens is 258 g/mol. The topological polar surface area (TPSA) is 38.3 Å². The minimum Gasteiger partial charge on any atom is -0.382 e. The molecule has 0 bridgehead atoms. The number of rotatable bonds is 10. The number of ether oxygens (including phenoxy) is 1. The molecule has 0 aromatic heterocycles. The number of nitrogens with one attached hydrogen (secondary N) is 1. The third kappa shape index (κ3) is 8.67. The Bertz CT molecular complexity index is 343. The Morgan fingerprint density at radius 2 is 2.11 bits per heavy atom. The van der Waals surface area contributed by atoms with Gasteiger partial charge in [0.1, 0.15) is 0 Å². The van der Waals surface area contributed by atoms with Crippen LogP contribution < -0.4 is 5.32 Å². The van der Waals surface area contributed by atoms with Gasteiger partial charge < -0.3 is 10.1 Å². The van der Waals surface area contributed by atoms with Gasteiger partial charge in [0.05, 0.1) is 0 Å². The van der Waals surface area contributed by atoms with Crippen molar-refractivity contribution in [3.63, 3.8) is 0 Å². The molecule has 0 saturated heterocycles. The molecule has 1 aromatic carbocycles. The van der Waals surface area contributed by atoms with Gasteiger partial charge >= 0.3 is 0 Å². The molecule has 0 radical (unpaired) electrons. The van der Waals surface area contributed by atoms with Crippen LogP contribution in [-0.4, -0.2) is 31.4 Å². The summed E-state index contributed by atoms with van der Waals surface area (Å²) in [7, 11) is 0. The second-order valence-corrected chi connectivity index (χ2v) is 5.29. The van der Waals surface area contributed by atoms with Crippen LogP contribution in [0.2, 0.25) is 0 Å². The van der Waals surface area contributed by atoms with Crippen LogP contribution in [0, 0.1) is 0 Å². The van der Waals surface area contributed by atoms with E-state index in [-0.39, 0.29) is 5.91 Å². The molecular formula is C15H23NO2S. The Morgan fingerprint density at radius 3 is 2.84 bits per heavy atom. The van der Waals surface area contributed by atoms with Gasteiger partial charge in [-0.2, -0.15) is 11.8 Å². The van der Waals surface area contributed by atoms with Gasteiger partial charge in [-0.15, -0.1) is 0 Å². The van der Waals surface area contributed by atoms with E-state index < -0.39 is 0 Å². The van der Waals surface area contributed by atoms with Crippen LogP contribution >= 0.6 is 11.8 Å². The average molecular weight is 281 g/mol. The first kappa shape index (κ1) is 16.1. The van der Waals surface area contributed by atoms with Crippen LogP contribution in [0.3, 0.4) is 0 Å². The maximum Gasteiger partial charge on any atom is 0.220 e. The zero-order chi connectivity index (χ0) is 13.8. The lowest BCUT2D eigenvalue weighted by atomic mass is 10.2. The molecule has 1 rings (SSSR count). The molecule has 3 nitrogen and oxygen atoms in total. The maximum absolute atomic E-state index is 11.5. The van der Waals surface area contributed by atoms with Crippen molar-refractivity contribution in [2.45, 2.75) is 25.5 Å². The average Bonchev–Trinajstić information content (AvgIpc) is 2.44. The first-order valence-corrected chi connectivity index (χ1v) is 7.94. The fraction of sp³-hybridized carbons (Fsp3) is 0.533. The Balaban J connectivity index is 1.95. The van der Waals surface area contributed by atoms with Crippen LogP contribution in [0.25, 0.3) is 0 Å². The predicted octanol–water partition coefficient (Wildman–Crippen LogP) is 2.85. The summed E-state index contributed by atoms with van der Waals surface area (Å²) in [5.41, 5.74) is 1.31. The van der Waals surface area contributed by atoms with Crippen molar-refractivity contribution in [2.24, 2.45) is 0 Å². The van der Waals surface area contributed by atoms with Gasteiger partial charge in [0.2, 0.25) is 5.91 Å². The Kier molecular flexibility index (Phi) is 9.19. The summed E-state index contributed by atoms with van der Waals surface area (Å²) < 4.78 is 5.21. The Hall–Kier alpha value is -1.00. The van der Waals surface area contributed by atoms with Gasteiger partial charge in [-0.3, -0.25) is 4.79 Å². The minimum absolute atomic E-state index is 0.136. The molecule has 0 heterocycles. The van der Waals surface area contributed by atoms with Crippen molar-refractivity contribution in [2.75, 3.05) is 25.5 Å². The summed E-state index contributed by atoms with van der Waals surface area (Å²) in [6.07, 6.45) is 1.48. The van der Waals surface area contributed by atoms with E-state index >= 15 is 0 Å². The van der Waals surface area contributed by atoms with E-state index in [0.717, 1.165) is 31.1 Å². The molecule has 0 saturated carbocycles. The van der Waals surface area contributed by atoms with Crippen LogP contribution in [0.5, 0.6) is 0 Å². The first-order chi connectivity index (χ1) is 9.33. The van der Waals surface area contributed by atoms with Gasteiger partial charge in [0, 0.05) is 37.7 Å². The summed E-state index contributed by atoms with van der Waals surface area (Å²) in [6, 6.07) is 10.3. The fourth-order valence-corrected chi connectivity index (χ4v) is 2.47. The van der Waals surface area contributed by atoms with Gasteiger partial charge in [-0.1, -0.05) is 30.3 Å². The highest BCUT2D eigenvalue weighted by atomic mass is 32.2. The minimum atomic E-state index is 0.136. The van der Waals surface area contributed by atoms with E-state index in [0.29, 0.717) is 13.0 Å². The number of hydrogen-bond acceptors (Lipinski definition) is 3. The van der Waals surface area contributed by atoms with Crippen LogP contribution in [0.15, 0.2) is 30.3 Å². The van der Waals surface area contributed by atoms with Crippen LogP contribution in [0.1, 0.15) is 25.3 Å². The van der Waals surface area contributed by atoms with Gasteiger partial charge in [-0.05, 0) is 18.9 Å². The SMILES string of the molecule is CCOCCCNC(=O)CCSCc1ccccc1. The number of hydrogen-bond donors (Lipinski definition) is 1. The number of benzene rings is 1. The summed E-state index contributed by atoms with van der Waals surface area (Å²) in [6.45, 7) is 4.15. The van der Waals surface area contributed by atoms with Crippen molar-refractivity contribution in [3.8, 4) is 0 Å². The number of carbonyl (C=O) groups is 1. The van der Waals surface area contributed by atoms with E-state index in [9.17, 15) is 4.79 Å². The second-order valence-electron chi connectivity index (χ2n) is 4.19. The maximum atomic E-state index is 11.5. The molecule has 0 atom stereocenters. The van der Waals surface area contributed by atoms with Gasteiger partial charge in [0.15, 0.2) is 0 Å². The lowest BCUT2D eigenvalue weighted by Crippen LogP contribution is -2.25. The van der Waals surface area contributed by atoms with E-state index in [1.54, 1.807) is 11.8 Å². The van der Waals surface area contributed by atoms with Crippen molar-refractivity contribution < 1.29 is 9.53 Å². The van der Waals surface area contributed by atoms with E-state index in [1.807, 2.05) is 25.1 Å². The van der Waals surface area contributed by atoms with Crippen molar-refractivity contribution in [1.29, 1.82) is 0 Å². The first-order valence-electron chi connectivity index (χ1n) is 6.79. The lowest BCUT2D eigenvalue weighted by molar-refractivity contribution is -0.120. The molecule has 19 heavy (non-hydrogen) atoms. The van der Waals surface area contributed by atoms with Gasteiger partial charge in [0.25, 0.3) is 0 Å². The third-order valence-electron chi connectivity index (χ3n) is 2.58. The van der Waals surface area contributed by atoms with E-state index in [2.05, 4.69) is 17.4 Å². The molecule has 0 spiro atoms. The number of thioether (sulfide) groups is 1. The second kappa shape index (κ2) is 10.9. The quantitative estimate of drug-likeness (QED) is 0.670. The number of amides is 1. The molecule has 1 amide bonds. The molecule has 106 valence electrons. The van der Waals surface area contributed by atoms with Crippen LogP contribution in [-0.2, 0) is 15.3 Å². The largest absolute Gasteiger partial charge is 0.382 e. The lowest BCUT2D eigenvalue weighted by Gasteiger charge is -2.05. The molecule has 0 unspecified atom stereocenters. The smallest absolute Gasteiger partial charge is 0.220 e. The third-order valence-corrected chi connectivity index (χ3v) is 3.61. The Labute approximate surface area is 120 Å². The number of carbonyl (C=O) groups excluding carboxylic acids is 1. The van der Waals surface area contributed by atoms with E-state index in [1.165, 1.54) is 5.56 Å². The molecule has 1 N–H and O–H groups in total. The van der Waals surface area contributed by atoms with Crippen molar-refractivity contribution >= 4 is 17.7 Å². The fourth-order valence-electron chi connectivity index (χ4n) is 1.56. The molecule has 4 heteroatoms. The molecule has 0 aliphatic rings. The highest BCUT2D eigenvalue weighted by Gasteiger charge is 2.00. The molecule has 0 fully saturated rings. The summed E-state index contributed by atoms with van der Waals surface area (Å²) in [4.78, 5) is 11.5. The monoisotopic (exact) mass is 281 g/mol. The van der Waals surface area contributed by atoms with Crippen LogP contribution in [0.4, 0.5) is 0 Å². The van der Waals surface area contributed by atoms with Crippen molar-refractivity contribution in [3.05, 3.63) is 35.9 Å². The summed E-state index contributed by atoms with van der Waals surface area (Å²) in [5, 5.41) is 2.91. The highest BCUT2D eigenvalue weighted by molar-refractivity contribution is 7.98. The van der Waals surface area contributed by atoms with E-state index in [4.69, 9.17) is 4.74 Å². The standard InChI is InChI=1S/C15H23NO2S/c1-2-18-11-6-10-16-15(17)9-12-19-13-14-7-4-3-5-8-14/h3-5,7-8H,2,6,9-13H2,1H3,(H,16,17). The summed E-state index contributed by atoms with van der Waals surface area (Å²) >= 11 is 1.80. The zero-order valence-electron chi connectivity index (χ0n) is 11.6. The summed E-state index contributed by atoms with van der Waals surface area (Å²) in [5.74, 6) is 1.97.